The predicted molar refractivity (Wildman–Crippen MR) is 75.0 cm³/mol. The number of aromatic nitrogens is 1. The molecule has 0 aliphatic carbocycles. The second-order valence-corrected chi connectivity index (χ2v) is 4.87. The van der Waals surface area contributed by atoms with Crippen LogP contribution in [0.15, 0.2) is 36.7 Å². The fraction of sp³-hybridized carbons (Fsp3) is 0.267. The average molecular weight is 275 g/mol. The lowest BCUT2D eigenvalue weighted by Gasteiger charge is -2.07. The number of aliphatic hydroxyl groups excluding tert-OH is 1. The number of benzene rings is 1. The molecule has 0 aliphatic rings. The third-order valence-electron chi connectivity index (χ3n) is 3.08. The van der Waals surface area contributed by atoms with Crippen LogP contribution in [-0.2, 0) is 6.54 Å². The minimum Gasteiger partial charge on any atom is -0.388 e. The SMILES string of the molecule is CCC(O)c1ccn(Cc2ccc(C#N)cc2Cl)c1. The third kappa shape index (κ3) is 3.17. The molecule has 0 fully saturated rings. The number of hydrogen-bond donors (Lipinski definition) is 1. The van der Waals surface area contributed by atoms with E-state index in [1.54, 1.807) is 12.1 Å². The summed E-state index contributed by atoms with van der Waals surface area (Å²) in [5.41, 5.74) is 2.42. The monoisotopic (exact) mass is 274 g/mol. The first-order chi connectivity index (χ1) is 9.13. The van der Waals surface area contributed by atoms with Crippen molar-refractivity contribution in [1.82, 2.24) is 4.57 Å². The normalized spacial score (nSPS) is 12.1. The zero-order valence-corrected chi connectivity index (χ0v) is 11.4. The van der Waals surface area contributed by atoms with Gasteiger partial charge in [0.2, 0.25) is 0 Å². The van der Waals surface area contributed by atoms with E-state index >= 15 is 0 Å². The lowest BCUT2D eigenvalue weighted by Crippen LogP contribution is -1.98. The predicted octanol–water partition coefficient (Wildman–Crippen LogP) is 3.50. The fourth-order valence-corrected chi connectivity index (χ4v) is 2.17. The first-order valence-electron chi connectivity index (χ1n) is 6.16. The summed E-state index contributed by atoms with van der Waals surface area (Å²) in [7, 11) is 0. The largest absolute Gasteiger partial charge is 0.388 e. The van der Waals surface area contributed by atoms with Crippen molar-refractivity contribution < 1.29 is 5.11 Å². The standard InChI is InChI=1S/C15H15ClN2O/c1-2-15(19)13-5-6-18(10-13)9-12-4-3-11(8-17)7-14(12)16/h3-7,10,15,19H,2,9H2,1H3. The number of halogens is 1. The third-order valence-corrected chi connectivity index (χ3v) is 3.43. The highest BCUT2D eigenvalue weighted by Gasteiger charge is 2.08. The highest BCUT2D eigenvalue weighted by Crippen LogP contribution is 2.21. The zero-order valence-electron chi connectivity index (χ0n) is 10.7. The molecule has 98 valence electrons. The molecule has 1 heterocycles. The van der Waals surface area contributed by atoms with Gasteiger partial charge in [0, 0.05) is 24.0 Å². The number of nitriles is 1. The van der Waals surface area contributed by atoms with Crippen molar-refractivity contribution in [3.05, 3.63) is 58.4 Å². The molecular weight excluding hydrogens is 260 g/mol. The molecule has 0 spiro atoms. The van der Waals surface area contributed by atoms with Gasteiger partial charge in [-0.15, -0.1) is 0 Å². The zero-order chi connectivity index (χ0) is 13.8. The Balaban J connectivity index is 2.17. The lowest BCUT2D eigenvalue weighted by atomic mass is 10.1. The van der Waals surface area contributed by atoms with Crippen LogP contribution in [0.5, 0.6) is 0 Å². The molecule has 2 rings (SSSR count). The van der Waals surface area contributed by atoms with Gasteiger partial charge in [-0.3, -0.25) is 0 Å². The van der Waals surface area contributed by atoms with Crippen molar-refractivity contribution >= 4 is 11.6 Å². The summed E-state index contributed by atoms with van der Waals surface area (Å²) in [6.45, 7) is 2.57. The summed E-state index contributed by atoms with van der Waals surface area (Å²) in [4.78, 5) is 0. The summed E-state index contributed by atoms with van der Waals surface area (Å²) in [5.74, 6) is 0. The number of nitrogens with zero attached hydrogens (tertiary/aromatic N) is 2. The van der Waals surface area contributed by atoms with E-state index in [1.807, 2.05) is 36.0 Å². The molecule has 0 radical (unpaired) electrons. The van der Waals surface area contributed by atoms with E-state index in [0.717, 1.165) is 11.1 Å². The summed E-state index contributed by atoms with van der Waals surface area (Å²) in [6, 6.07) is 9.25. The van der Waals surface area contributed by atoms with Gasteiger partial charge in [0.25, 0.3) is 0 Å². The molecule has 0 bridgehead atoms. The van der Waals surface area contributed by atoms with Crippen LogP contribution in [0.1, 0.15) is 36.1 Å². The molecule has 1 N–H and O–H groups in total. The molecule has 2 aromatic rings. The molecule has 1 aromatic heterocycles. The van der Waals surface area contributed by atoms with Crippen LogP contribution in [0.4, 0.5) is 0 Å². The van der Waals surface area contributed by atoms with Crippen molar-refractivity contribution in [2.75, 3.05) is 0 Å². The molecule has 19 heavy (non-hydrogen) atoms. The maximum atomic E-state index is 9.76. The van der Waals surface area contributed by atoms with Gasteiger partial charge in [0.15, 0.2) is 0 Å². The molecule has 1 aromatic carbocycles. The Morgan fingerprint density at radius 3 is 2.84 bits per heavy atom. The van der Waals surface area contributed by atoms with Crippen LogP contribution < -0.4 is 0 Å². The van der Waals surface area contributed by atoms with E-state index in [1.165, 1.54) is 0 Å². The first-order valence-corrected chi connectivity index (χ1v) is 6.54. The van der Waals surface area contributed by atoms with Crippen LogP contribution in [0.3, 0.4) is 0 Å². The summed E-state index contributed by atoms with van der Waals surface area (Å²) < 4.78 is 1.97. The second-order valence-electron chi connectivity index (χ2n) is 4.46. The van der Waals surface area contributed by atoms with E-state index in [0.29, 0.717) is 23.6 Å². The van der Waals surface area contributed by atoms with Gasteiger partial charge >= 0.3 is 0 Å². The van der Waals surface area contributed by atoms with E-state index in [-0.39, 0.29) is 0 Å². The molecule has 0 saturated heterocycles. The van der Waals surface area contributed by atoms with Gasteiger partial charge in [-0.05, 0) is 35.7 Å². The van der Waals surface area contributed by atoms with Crippen molar-refractivity contribution in [2.45, 2.75) is 26.0 Å². The van der Waals surface area contributed by atoms with Crippen LogP contribution in [-0.4, -0.2) is 9.67 Å². The summed E-state index contributed by atoms with van der Waals surface area (Å²) >= 11 is 6.14. The smallest absolute Gasteiger partial charge is 0.0992 e. The highest BCUT2D eigenvalue weighted by atomic mass is 35.5. The maximum Gasteiger partial charge on any atom is 0.0992 e. The Hall–Kier alpha value is -1.76. The van der Waals surface area contributed by atoms with Gasteiger partial charge < -0.3 is 9.67 Å². The van der Waals surface area contributed by atoms with Crippen molar-refractivity contribution in [2.24, 2.45) is 0 Å². The highest BCUT2D eigenvalue weighted by molar-refractivity contribution is 6.31. The van der Waals surface area contributed by atoms with Crippen molar-refractivity contribution in [3.8, 4) is 6.07 Å². The number of rotatable bonds is 4. The van der Waals surface area contributed by atoms with Gasteiger partial charge in [-0.1, -0.05) is 24.6 Å². The van der Waals surface area contributed by atoms with E-state index in [9.17, 15) is 5.11 Å². The van der Waals surface area contributed by atoms with E-state index < -0.39 is 6.10 Å². The molecule has 0 saturated carbocycles. The molecule has 1 unspecified atom stereocenters. The van der Waals surface area contributed by atoms with Gasteiger partial charge in [0.05, 0.1) is 17.7 Å². The summed E-state index contributed by atoms with van der Waals surface area (Å²) in [5, 5.41) is 19.1. The van der Waals surface area contributed by atoms with Crippen molar-refractivity contribution in [1.29, 1.82) is 5.26 Å². The van der Waals surface area contributed by atoms with Crippen LogP contribution in [0.2, 0.25) is 5.02 Å². The minimum atomic E-state index is -0.419. The minimum absolute atomic E-state index is 0.419. The van der Waals surface area contributed by atoms with Crippen molar-refractivity contribution in [3.63, 3.8) is 0 Å². The first kappa shape index (κ1) is 13.7. The summed E-state index contributed by atoms with van der Waals surface area (Å²) in [6.07, 6.45) is 4.12. The van der Waals surface area contributed by atoms with Crippen LogP contribution in [0, 0.1) is 11.3 Å². The van der Waals surface area contributed by atoms with Gasteiger partial charge in [-0.2, -0.15) is 5.26 Å². The Labute approximate surface area is 117 Å². The Kier molecular flexibility index (Phi) is 4.26. The number of aliphatic hydroxyl groups is 1. The lowest BCUT2D eigenvalue weighted by molar-refractivity contribution is 0.173. The second kappa shape index (κ2) is 5.92. The molecule has 4 heteroatoms. The van der Waals surface area contributed by atoms with E-state index in [4.69, 9.17) is 16.9 Å². The van der Waals surface area contributed by atoms with Gasteiger partial charge in [0.1, 0.15) is 0 Å². The Bertz CT molecular complexity index is 613. The topological polar surface area (TPSA) is 49.0 Å². The average Bonchev–Trinajstić information content (AvgIpc) is 2.88. The molecule has 3 nitrogen and oxygen atoms in total. The fourth-order valence-electron chi connectivity index (χ4n) is 1.93. The van der Waals surface area contributed by atoms with Crippen LogP contribution in [0.25, 0.3) is 0 Å². The molecule has 0 amide bonds. The van der Waals surface area contributed by atoms with E-state index in [2.05, 4.69) is 6.07 Å². The Morgan fingerprint density at radius 2 is 2.21 bits per heavy atom. The van der Waals surface area contributed by atoms with Gasteiger partial charge in [-0.25, -0.2) is 0 Å². The molecular formula is C15H15ClN2O. The molecule has 1 atom stereocenters. The van der Waals surface area contributed by atoms with Crippen LogP contribution >= 0.6 is 11.6 Å². The maximum absolute atomic E-state index is 9.76. The Morgan fingerprint density at radius 1 is 1.42 bits per heavy atom. The molecule has 0 aliphatic heterocycles. The number of hydrogen-bond acceptors (Lipinski definition) is 2. The quantitative estimate of drug-likeness (QED) is 0.927.